The van der Waals surface area contributed by atoms with E-state index in [4.69, 9.17) is 0 Å². The van der Waals surface area contributed by atoms with Crippen LogP contribution in [-0.2, 0) is 21.1 Å². The SMILES string of the molecule is O=C(N(O)C1CC1)C1(S(=O)(=O)c2ccc(-c3ccc(CCCC(F)(F)F)cn3)cc2)CCNCC1. The lowest BCUT2D eigenvalue weighted by Crippen LogP contribution is -2.58. The summed E-state index contributed by atoms with van der Waals surface area (Å²) in [7, 11) is -4.11. The number of piperidine rings is 1. The second-order valence-corrected chi connectivity index (χ2v) is 11.4. The Morgan fingerprint density at radius 2 is 1.77 bits per heavy atom. The van der Waals surface area contributed by atoms with E-state index in [9.17, 15) is 31.6 Å². The highest BCUT2D eigenvalue weighted by Gasteiger charge is 2.55. The van der Waals surface area contributed by atoms with Gasteiger partial charge in [-0.3, -0.25) is 15.0 Å². The van der Waals surface area contributed by atoms with Crippen LogP contribution in [0.2, 0.25) is 0 Å². The van der Waals surface area contributed by atoms with Crippen molar-refractivity contribution in [2.45, 2.75) is 66.8 Å². The van der Waals surface area contributed by atoms with Gasteiger partial charge in [-0.05, 0) is 75.4 Å². The molecule has 0 spiro atoms. The fraction of sp³-hybridized carbons (Fsp3) is 0.500. The maximum absolute atomic E-state index is 13.7. The van der Waals surface area contributed by atoms with Crippen LogP contribution in [0.5, 0.6) is 0 Å². The van der Waals surface area contributed by atoms with Gasteiger partial charge in [-0.2, -0.15) is 13.2 Å². The molecule has 1 saturated heterocycles. The molecule has 0 unspecified atom stereocenters. The van der Waals surface area contributed by atoms with Crippen LogP contribution >= 0.6 is 0 Å². The lowest BCUT2D eigenvalue weighted by atomic mass is 9.95. The van der Waals surface area contributed by atoms with Crippen LogP contribution in [-0.4, -0.2) is 59.6 Å². The van der Waals surface area contributed by atoms with Crippen LogP contribution in [0.1, 0.15) is 44.1 Å². The van der Waals surface area contributed by atoms with Crippen molar-refractivity contribution in [3.63, 3.8) is 0 Å². The summed E-state index contributed by atoms with van der Waals surface area (Å²) in [5, 5.41) is 14.0. The molecule has 11 heteroatoms. The normalized spacial score (nSPS) is 18.3. The van der Waals surface area contributed by atoms with Gasteiger partial charge in [-0.25, -0.2) is 13.5 Å². The van der Waals surface area contributed by atoms with Crippen LogP contribution in [0.25, 0.3) is 11.3 Å². The first-order chi connectivity index (χ1) is 16.5. The van der Waals surface area contributed by atoms with Crippen molar-refractivity contribution in [3.8, 4) is 11.3 Å². The van der Waals surface area contributed by atoms with Gasteiger partial charge in [-0.1, -0.05) is 18.2 Å². The average molecular weight is 512 g/mol. The molecule has 1 amide bonds. The number of sulfone groups is 1. The molecule has 35 heavy (non-hydrogen) atoms. The molecule has 0 radical (unpaired) electrons. The number of hydroxylamine groups is 2. The number of carbonyl (C=O) groups is 1. The molecule has 1 aromatic heterocycles. The zero-order valence-corrected chi connectivity index (χ0v) is 19.9. The van der Waals surface area contributed by atoms with Gasteiger partial charge in [-0.15, -0.1) is 0 Å². The van der Waals surface area contributed by atoms with E-state index in [0.29, 0.717) is 47.8 Å². The third-order valence-corrected chi connectivity index (χ3v) is 9.13. The highest BCUT2D eigenvalue weighted by molar-refractivity contribution is 7.93. The number of rotatable bonds is 8. The minimum Gasteiger partial charge on any atom is -0.317 e. The van der Waals surface area contributed by atoms with Gasteiger partial charge in [0.2, 0.25) is 0 Å². The number of amides is 1. The van der Waals surface area contributed by atoms with E-state index >= 15 is 0 Å². The Bertz CT molecular complexity index is 1140. The summed E-state index contributed by atoms with van der Waals surface area (Å²) >= 11 is 0. The molecule has 0 atom stereocenters. The molecule has 1 aromatic carbocycles. The number of nitrogens with zero attached hydrogens (tertiary/aromatic N) is 2. The van der Waals surface area contributed by atoms with Gasteiger partial charge in [0.05, 0.1) is 16.6 Å². The number of nitrogens with one attached hydrogen (secondary N) is 1. The molecule has 2 aliphatic rings. The largest absolute Gasteiger partial charge is 0.389 e. The molecule has 2 aromatic rings. The maximum atomic E-state index is 13.7. The molecule has 190 valence electrons. The third kappa shape index (κ3) is 5.52. The number of alkyl halides is 3. The van der Waals surface area contributed by atoms with Gasteiger partial charge in [0.1, 0.15) is 0 Å². The molecule has 2 N–H and O–H groups in total. The van der Waals surface area contributed by atoms with E-state index in [1.807, 2.05) is 0 Å². The number of aryl methyl sites for hydroxylation is 1. The van der Waals surface area contributed by atoms with E-state index in [1.165, 1.54) is 18.3 Å². The minimum absolute atomic E-state index is 0.00975. The number of carbonyl (C=O) groups excluding carboxylic acids is 1. The van der Waals surface area contributed by atoms with E-state index in [0.717, 1.165) is 0 Å². The zero-order valence-electron chi connectivity index (χ0n) is 19.1. The fourth-order valence-corrected chi connectivity index (χ4v) is 6.40. The summed E-state index contributed by atoms with van der Waals surface area (Å²) < 4.78 is 62.6. The highest BCUT2D eigenvalue weighted by Crippen LogP contribution is 2.38. The lowest BCUT2D eigenvalue weighted by Gasteiger charge is -2.37. The second kappa shape index (κ2) is 9.87. The number of halogens is 3. The summed E-state index contributed by atoms with van der Waals surface area (Å²) in [6.07, 6.45) is -1.82. The van der Waals surface area contributed by atoms with Crippen molar-refractivity contribution in [2.24, 2.45) is 0 Å². The minimum atomic E-state index is -4.18. The summed E-state index contributed by atoms with van der Waals surface area (Å²) in [5.41, 5.74) is 1.88. The second-order valence-electron chi connectivity index (χ2n) is 9.17. The topological polar surface area (TPSA) is 99.6 Å². The van der Waals surface area contributed by atoms with Gasteiger partial charge >= 0.3 is 6.18 Å². The van der Waals surface area contributed by atoms with Crippen LogP contribution in [0.3, 0.4) is 0 Å². The van der Waals surface area contributed by atoms with Crippen molar-refractivity contribution in [1.29, 1.82) is 0 Å². The van der Waals surface area contributed by atoms with Crippen molar-refractivity contribution in [3.05, 3.63) is 48.2 Å². The zero-order chi connectivity index (χ0) is 25.3. The predicted molar refractivity (Wildman–Crippen MR) is 122 cm³/mol. The number of aromatic nitrogens is 1. The summed E-state index contributed by atoms with van der Waals surface area (Å²) in [6, 6.07) is 9.11. The number of hydrogen-bond donors (Lipinski definition) is 2. The van der Waals surface area contributed by atoms with E-state index < -0.39 is 33.1 Å². The van der Waals surface area contributed by atoms with E-state index in [-0.39, 0.29) is 36.6 Å². The highest BCUT2D eigenvalue weighted by atomic mass is 32.2. The Morgan fingerprint density at radius 3 is 2.31 bits per heavy atom. The first-order valence-electron chi connectivity index (χ1n) is 11.6. The first kappa shape index (κ1) is 25.6. The average Bonchev–Trinajstić information content (AvgIpc) is 3.69. The van der Waals surface area contributed by atoms with Crippen molar-refractivity contribution in [2.75, 3.05) is 13.1 Å². The Balaban J connectivity index is 1.52. The molecule has 4 rings (SSSR count). The van der Waals surface area contributed by atoms with Crippen LogP contribution in [0, 0.1) is 0 Å². The van der Waals surface area contributed by atoms with Crippen LogP contribution < -0.4 is 5.32 Å². The summed E-state index contributed by atoms with van der Waals surface area (Å²) in [5.74, 6) is -0.770. The Hall–Kier alpha value is -2.50. The number of pyridine rings is 1. The Morgan fingerprint density at radius 1 is 1.11 bits per heavy atom. The van der Waals surface area contributed by atoms with Crippen molar-refractivity contribution >= 4 is 15.7 Å². The molecule has 7 nitrogen and oxygen atoms in total. The first-order valence-corrected chi connectivity index (χ1v) is 13.1. The van der Waals surface area contributed by atoms with Crippen molar-refractivity contribution in [1.82, 2.24) is 15.4 Å². The molecule has 2 fully saturated rings. The number of benzene rings is 1. The maximum Gasteiger partial charge on any atom is 0.389 e. The summed E-state index contributed by atoms with van der Waals surface area (Å²) in [6.45, 7) is 0.696. The standard InChI is InChI=1S/C24H28F3N3O4S/c25-24(26,27)11-1-2-17-3-10-21(29-16-17)18-4-8-20(9-5-18)35(33,34)23(12-14-28-15-13-23)22(31)30(32)19-6-7-19/h3-5,8-10,16,19,28,32H,1-2,6-7,11-15H2. The molecule has 0 bridgehead atoms. The van der Waals surface area contributed by atoms with Gasteiger partial charge < -0.3 is 5.32 Å². The van der Waals surface area contributed by atoms with Gasteiger partial charge in [0.15, 0.2) is 14.6 Å². The monoisotopic (exact) mass is 511 g/mol. The molecular formula is C24H28F3N3O4S. The Labute approximate surface area is 202 Å². The molecule has 1 saturated carbocycles. The fourth-order valence-electron chi connectivity index (χ4n) is 4.39. The number of hydrogen-bond acceptors (Lipinski definition) is 6. The van der Waals surface area contributed by atoms with Crippen molar-refractivity contribution < 1.29 is 31.6 Å². The van der Waals surface area contributed by atoms with Gasteiger partial charge in [0, 0.05) is 18.2 Å². The predicted octanol–water partition coefficient (Wildman–Crippen LogP) is 3.91. The van der Waals surface area contributed by atoms with Crippen LogP contribution in [0.15, 0.2) is 47.5 Å². The molecule has 1 aliphatic heterocycles. The molecule has 2 heterocycles. The summed E-state index contributed by atoms with van der Waals surface area (Å²) in [4.78, 5) is 17.5. The smallest absolute Gasteiger partial charge is 0.317 e. The molecular weight excluding hydrogens is 483 g/mol. The Kier molecular flexibility index (Phi) is 7.21. The quantitative estimate of drug-likeness (QED) is 0.412. The lowest BCUT2D eigenvalue weighted by molar-refractivity contribution is -0.171. The third-order valence-electron chi connectivity index (χ3n) is 6.63. The molecule has 1 aliphatic carbocycles. The van der Waals surface area contributed by atoms with E-state index in [1.54, 1.807) is 24.3 Å². The van der Waals surface area contributed by atoms with E-state index in [2.05, 4.69) is 10.3 Å². The van der Waals surface area contributed by atoms with Crippen LogP contribution in [0.4, 0.5) is 13.2 Å². The van der Waals surface area contributed by atoms with Gasteiger partial charge in [0.25, 0.3) is 5.91 Å².